The third-order valence-corrected chi connectivity index (χ3v) is 4.51. The number of halogens is 1. The summed E-state index contributed by atoms with van der Waals surface area (Å²) < 4.78 is 0.837. The number of carboxylic acid groups (broad SMARTS) is 1. The van der Waals surface area contributed by atoms with Crippen LogP contribution in [0.1, 0.15) is 48.2 Å². The van der Waals surface area contributed by atoms with Gasteiger partial charge in [-0.25, -0.2) is 0 Å². The average Bonchev–Trinajstić information content (AvgIpc) is 2.78. The number of amides is 1. The van der Waals surface area contributed by atoms with Crippen molar-refractivity contribution in [1.82, 2.24) is 5.32 Å². The molecule has 0 saturated heterocycles. The van der Waals surface area contributed by atoms with E-state index in [0.717, 1.165) is 36.6 Å². The van der Waals surface area contributed by atoms with Crippen molar-refractivity contribution in [3.8, 4) is 0 Å². The van der Waals surface area contributed by atoms with E-state index in [9.17, 15) is 9.59 Å². The zero-order valence-electron chi connectivity index (χ0n) is 10.7. The highest BCUT2D eigenvalue weighted by molar-refractivity contribution is 9.10. The maximum atomic E-state index is 11.7. The van der Waals surface area contributed by atoms with E-state index < -0.39 is 5.97 Å². The molecule has 1 amide bonds. The molecule has 106 valence electrons. The van der Waals surface area contributed by atoms with E-state index in [1.54, 1.807) is 0 Å². The summed E-state index contributed by atoms with van der Waals surface area (Å²) in [5.41, 5.74) is 0. The molecule has 1 aromatic rings. The number of nitrogens with one attached hydrogen (secondary N) is 1. The fraction of sp³-hybridized carbons (Fsp3) is 0.538. The molecule has 0 bridgehead atoms. The minimum absolute atomic E-state index is 0.0345. The first-order valence-electron chi connectivity index (χ1n) is 6.34. The number of hydrogen-bond acceptors (Lipinski definition) is 3. The lowest BCUT2D eigenvalue weighted by molar-refractivity contribution is -0.137. The van der Waals surface area contributed by atoms with Gasteiger partial charge < -0.3 is 10.4 Å². The molecule has 0 spiro atoms. The minimum Gasteiger partial charge on any atom is -0.481 e. The molecule has 0 fully saturated rings. The van der Waals surface area contributed by atoms with Crippen molar-refractivity contribution in [2.45, 2.75) is 38.5 Å². The van der Waals surface area contributed by atoms with Crippen molar-refractivity contribution in [2.75, 3.05) is 6.54 Å². The normalized spacial score (nSPS) is 10.4. The highest BCUT2D eigenvalue weighted by Gasteiger charge is 2.10. The van der Waals surface area contributed by atoms with Crippen LogP contribution in [0.25, 0.3) is 0 Å². The Hall–Kier alpha value is -0.880. The lowest BCUT2D eigenvalue weighted by Crippen LogP contribution is -2.23. The summed E-state index contributed by atoms with van der Waals surface area (Å²) in [4.78, 5) is 22.7. The van der Waals surface area contributed by atoms with Gasteiger partial charge in [0.05, 0.1) is 0 Å². The second-order valence-corrected chi connectivity index (χ2v) is 6.04. The first-order chi connectivity index (χ1) is 9.11. The van der Waals surface area contributed by atoms with Gasteiger partial charge in [0, 0.05) is 17.4 Å². The van der Waals surface area contributed by atoms with Crippen LogP contribution in [-0.2, 0) is 4.79 Å². The smallest absolute Gasteiger partial charge is 0.303 e. The Morgan fingerprint density at radius 3 is 2.53 bits per heavy atom. The number of aliphatic carboxylic acids is 1. The van der Waals surface area contributed by atoms with Gasteiger partial charge in [-0.1, -0.05) is 19.3 Å². The van der Waals surface area contributed by atoms with Crippen LogP contribution in [0.3, 0.4) is 0 Å². The van der Waals surface area contributed by atoms with E-state index >= 15 is 0 Å². The topological polar surface area (TPSA) is 66.4 Å². The zero-order chi connectivity index (χ0) is 14.1. The Balaban J connectivity index is 2.01. The zero-order valence-corrected chi connectivity index (χ0v) is 13.1. The monoisotopic (exact) mass is 347 g/mol. The Kier molecular flexibility index (Phi) is 7.74. The molecule has 0 unspecified atom stereocenters. The maximum absolute atomic E-state index is 11.7. The Morgan fingerprint density at radius 2 is 1.89 bits per heavy atom. The van der Waals surface area contributed by atoms with Crippen molar-refractivity contribution < 1.29 is 14.7 Å². The van der Waals surface area contributed by atoms with Gasteiger partial charge in [0.1, 0.15) is 4.88 Å². The Labute approximate surface area is 125 Å². The fourth-order valence-corrected chi connectivity index (χ4v) is 3.14. The number of rotatable bonds is 9. The van der Waals surface area contributed by atoms with E-state index in [-0.39, 0.29) is 12.3 Å². The van der Waals surface area contributed by atoms with Crippen LogP contribution in [0, 0.1) is 0 Å². The van der Waals surface area contributed by atoms with Gasteiger partial charge >= 0.3 is 5.97 Å². The van der Waals surface area contributed by atoms with Crippen LogP contribution < -0.4 is 5.32 Å². The van der Waals surface area contributed by atoms with Crippen LogP contribution in [0.15, 0.2) is 15.9 Å². The highest BCUT2D eigenvalue weighted by Crippen LogP contribution is 2.22. The molecule has 2 N–H and O–H groups in total. The van der Waals surface area contributed by atoms with Gasteiger partial charge in [0.15, 0.2) is 0 Å². The van der Waals surface area contributed by atoms with E-state index in [0.29, 0.717) is 11.4 Å². The number of carbonyl (C=O) groups excluding carboxylic acids is 1. The summed E-state index contributed by atoms with van der Waals surface area (Å²) in [5, 5.41) is 13.2. The summed E-state index contributed by atoms with van der Waals surface area (Å²) >= 11 is 4.75. The first-order valence-corrected chi connectivity index (χ1v) is 8.01. The second kappa shape index (κ2) is 9.09. The molecule has 1 rings (SSSR count). The summed E-state index contributed by atoms with van der Waals surface area (Å²) in [5.74, 6) is -0.762. The van der Waals surface area contributed by atoms with Gasteiger partial charge in [0.25, 0.3) is 5.91 Å². The largest absolute Gasteiger partial charge is 0.481 e. The van der Waals surface area contributed by atoms with Crippen molar-refractivity contribution in [2.24, 2.45) is 0 Å². The molecule has 0 aromatic carbocycles. The Morgan fingerprint density at radius 1 is 1.21 bits per heavy atom. The third-order valence-electron chi connectivity index (χ3n) is 2.68. The van der Waals surface area contributed by atoms with Crippen molar-refractivity contribution in [3.63, 3.8) is 0 Å². The molecule has 6 heteroatoms. The van der Waals surface area contributed by atoms with Crippen LogP contribution >= 0.6 is 27.3 Å². The van der Waals surface area contributed by atoms with Crippen molar-refractivity contribution in [1.29, 1.82) is 0 Å². The predicted molar refractivity (Wildman–Crippen MR) is 79.7 cm³/mol. The fourth-order valence-electron chi connectivity index (χ4n) is 1.67. The lowest BCUT2D eigenvalue weighted by Gasteiger charge is -2.04. The molecule has 0 radical (unpaired) electrons. The van der Waals surface area contributed by atoms with Gasteiger partial charge in [-0.05, 0) is 40.2 Å². The number of thiophene rings is 1. The van der Waals surface area contributed by atoms with E-state index in [4.69, 9.17) is 5.11 Å². The Bertz CT molecular complexity index is 420. The first kappa shape index (κ1) is 16.2. The van der Waals surface area contributed by atoms with Crippen LogP contribution in [0.2, 0.25) is 0 Å². The quantitative estimate of drug-likeness (QED) is 0.669. The maximum Gasteiger partial charge on any atom is 0.303 e. The van der Waals surface area contributed by atoms with E-state index in [1.807, 2.05) is 11.4 Å². The molecule has 0 aliphatic carbocycles. The summed E-state index contributed by atoms with van der Waals surface area (Å²) in [6.07, 6.45) is 4.91. The molecule has 0 saturated carbocycles. The molecule has 1 aromatic heterocycles. The van der Waals surface area contributed by atoms with Gasteiger partial charge in [0.2, 0.25) is 0 Å². The standard InChI is InChI=1S/C13H18BrNO3S/c14-10-7-9-19-12(10)13(18)15-8-5-3-1-2-4-6-11(16)17/h7,9H,1-6,8H2,(H,15,18)(H,16,17). The number of carboxylic acids is 1. The van der Waals surface area contributed by atoms with Crippen LogP contribution in [-0.4, -0.2) is 23.5 Å². The molecule has 0 aliphatic heterocycles. The summed E-state index contributed by atoms with van der Waals surface area (Å²) in [6, 6.07) is 1.86. The van der Waals surface area contributed by atoms with Crippen LogP contribution in [0.4, 0.5) is 0 Å². The third kappa shape index (κ3) is 6.73. The van der Waals surface area contributed by atoms with E-state index in [2.05, 4.69) is 21.2 Å². The minimum atomic E-state index is -0.728. The highest BCUT2D eigenvalue weighted by atomic mass is 79.9. The molecule has 0 atom stereocenters. The number of carbonyl (C=O) groups is 2. The summed E-state index contributed by atoms with van der Waals surface area (Å²) in [7, 11) is 0. The SMILES string of the molecule is O=C(O)CCCCCCCNC(=O)c1sccc1Br. The molecule has 0 aliphatic rings. The van der Waals surface area contributed by atoms with Gasteiger partial charge in [-0.3, -0.25) is 9.59 Å². The van der Waals surface area contributed by atoms with Crippen LogP contribution in [0.5, 0.6) is 0 Å². The second-order valence-electron chi connectivity index (χ2n) is 4.27. The van der Waals surface area contributed by atoms with Gasteiger partial charge in [-0.15, -0.1) is 11.3 Å². The average molecular weight is 348 g/mol. The number of unbranched alkanes of at least 4 members (excludes halogenated alkanes) is 4. The number of hydrogen-bond donors (Lipinski definition) is 2. The molecular weight excluding hydrogens is 330 g/mol. The van der Waals surface area contributed by atoms with E-state index in [1.165, 1.54) is 11.3 Å². The lowest BCUT2D eigenvalue weighted by atomic mass is 10.1. The van der Waals surface area contributed by atoms with Crippen molar-refractivity contribution >= 4 is 39.1 Å². The van der Waals surface area contributed by atoms with Crippen molar-refractivity contribution in [3.05, 3.63) is 20.8 Å². The molecule has 19 heavy (non-hydrogen) atoms. The molecular formula is C13H18BrNO3S. The summed E-state index contributed by atoms with van der Waals surface area (Å²) in [6.45, 7) is 0.669. The molecule has 4 nitrogen and oxygen atoms in total. The predicted octanol–water partition coefficient (Wildman–Crippen LogP) is 3.67. The molecule has 1 heterocycles. The van der Waals surface area contributed by atoms with Gasteiger partial charge in [-0.2, -0.15) is 0 Å².